The fourth-order valence-corrected chi connectivity index (χ4v) is 6.71. The number of alkyl halides is 1. The van der Waals surface area contributed by atoms with Crippen molar-refractivity contribution in [2.75, 3.05) is 0 Å². The lowest BCUT2D eigenvalue weighted by atomic mass is 10.0. The van der Waals surface area contributed by atoms with Crippen LogP contribution in [0.15, 0.2) is 29.2 Å². The van der Waals surface area contributed by atoms with Crippen molar-refractivity contribution in [1.82, 2.24) is 4.72 Å². The molecule has 4 nitrogen and oxygen atoms in total. The molecule has 6 heteroatoms. The first-order chi connectivity index (χ1) is 11.1. The Morgan fingerprint density at radius 3 is 2.21 bits per heavy atom. The van der Waals surface area contributed by atoms with Crippen LogP contribution in [-0.4, -0.2) is 31.5 Å². The Morgan fingerprint density at radius 2 is 1.67 bits per heavy atom. The van der Waals surface area contributed by atoms with Crippen molar-refractivity contribution in [2.24, 2.45) is 23.7 Å². The van der Waals surface area contributed by atoms with Crippen LogP contribution in [0, 0.1) is 30.6 Å². The minimum absolute atomic E-state index is 0.0121. The van der Waals surface area contributed by atoms with Gasteiger partial charge in [0.05, 0.1) is 16.6 Å². The van der Waals surface area contributed by atoms with Gasteiger partial charge in [0.25, 0.3) is 0 Å². The van der Waals surface area contributed by atoms with Gasteiger partial charge in [-0.3, -0.25) is 0 Å². The number of aryl methyl sites for hydroxylation is 1. The van der Waals surface area contributed by atoms with Crippen molar-refractivity contribution in [3.8, 4) is 0 Å². The van der Waals surface area contributed by atoms with Crippen LogP contribution in [0.4, 0.5) is 0 Å². The van der Waals surface area contributed by atoms with Gasteiger partial charge < -0.3 is 4.74 Å². The van der Waals surface area contributed by atoms with E-state index in [4.69, 9.17) is 16.3 Å². The van der Waals surface area contributed by atoms with Gasteiger partial charge in [-0.15, -0.1) is 11.6 Å². The summed E-state index contributed by atoms with van der Waals surface area (Å²) >= 11 is 6.60. The van der Waals surface area contributed by atoms with E-state index in [1.807, 2.05) is 39.8 Å². The summed E-state index contributed by atoms with van der Waals surface area (Å²) in [6.07, 6.45) is 0.0632. The van der Waals surface area contributed by atoms with Crippen LogP contribution in [0.2, 0.25) is 0 Å². The highest BCUT2D eigenvalue weighted by Crippen LogP contribution is 2.73. The quantitative estimate of drug-likeness (QED) is 0.830. The second-order valence-corrected chi connectivity index (χ2v) is 10.6. The Hall–Kier alpha value is -0.620. The van der Waals surface area contributed by atoms with E-state index in [-0.39, 0.29) is 29.0 Å². The van der Waals surface area contributed by atoms with E-state index in [1.54, 1.807) is 12.1 Å². The minimum Gasteiger partial charge on any atom is -0.372 e. The van der Waals surface area contributed by atoms with Crippen LogP contribution in [-0.2, 0) is 14.8 Å². The van der Waals surface area contributed by atoms with E-state index in [0.29, 0.717) is 22.6 Å². The molecular formula is C18H24ClNO3S. The summed E-state index contributed by atoms with van der Waals surface area (Å²) in [6, 6.07) is 6.84. The average molecular weight is 370 g/mol. The van der Waals surface area contributed by atoms with E-state index in [9.17, 15) is 8.42 Å². The molecule has 0 amide bonds. The highest BCUT2D eigenvalue weighted by molar-refractivity contribution is 7.89. The number of ether oxygens (including phenoxy) is 1. The number of rotatable bonds is 4. The van der Waals surface area contributed by atoms with Crippen molar-refractivity contribution in [2.45, 2.75) is 55.7 Å². The predicted octanol–water partition coefficient (Wildman–Crippen LogP) is 2.94. The van der Waals surface area contributed by atoms with Gasteiger partial charge in [0.15, 0.2) is 0 Å². The van der Waals surface area contributed by atoms with Gasteiger partial charge in [0.2, 0.25) is 10.0 Å². The van der Waals surface area contributed by atoms with Crippen molar-refractivity contribution in [3.63, 3.8) is 0 Å². The molecule has 3 unspecified atom stereocenters. The molecule has 1 aromatic carbocycles. The van der Waals surface area contributed by atoms with Gasteiger partial charge in [-0.2, -0.15) is 0 Å². The number of hydrogen-bond acceptors (Lipinski definition) is 3. The molecule has 7 atom stereocenters. The molecule has 4 saturated carbocycles. The Labute approximate surface area is 149 Å². The van der Waals surface area contributed by atoms with Gasteiger partial charge in [-0.1, -0.05) is 17.7 Å². The summed E-state index contributed by atoms with van der Waals surface area (Å²) < 4.78 is 34.6. The summed E-state index contributed by atoms with van der Waals surface area (Å²) in [7, 11) is -3.53. The molecule has 0 spiro atoms. The minimum atomic E-state index is -3.53. The molecular weight excluding hydrogens is 346 g/mol. The maximum absolute atomic E-state index is 12.7. The fraction of sp³-hybridized carbons (Fsp3) is 0.667. The molecule has 4 bridgehead atoms. The molecule has 132 valence electrons. The van der Waals surface area contributed by atoms with Crippen LogP contribution >= 0.6 is 11.6 Å². The van der Waals surface area contributed by atoms with Crippen molar-refractivity contribution >= 4 is 21.6 Å². The first-order valence-electron chi connectivity index (χ1n) is 8.51. The maximum Gasteiger partial charge on any atom is 0.240 e. The zero-order valence-electron chi connectivity index (χ0n) is 14.4. The monoisotopic (exact) mass is 369 g/mol. The van der Waals surface area contributed by atoms with Crippen LogP contribution in [0.3, 0.4) is 0 Å². The molecule has 1 aromatic rings. The lowest BCUT2D eigenvalue weighted by molar-refractivity contribution is -0.0768. The van der Waals surface area contributed by atoms with E-state index >= 15 is 0 Å². The second-order valence-electron chi connectivity index (χ2n) is 8.41. The Bertz CT molecular complexity index is 755. The Balaban J connectivity index is 1.55. The summed E-state index contributed by atoms with van der Waals surface area (Å²) in [4.78, 5) is 0.314. The number of benzene rings is 1. The standard InChI is InChI=1S/C18H24ClNO3S/c1-9-5-7-10(8-6-9)24(21,22)20-16-12-11-13(12)17(14(16)15(11)19)23-18(2,3)4/h5-8,11-17,20H,1-4H3/t11?,12?,13-,14+,15-,16+,17?/m1/s1. The zero-order chi connectivity index (χ0) is 17.4. The molecule has 4 aliphatic rings. The SMILES string of the molecule is Cc1ccc(S(=O)(=O)N[C@H]2C3C4[C@H]3C(OC(C)(C)C)[C@H]2[C@@H]4Cl)cc1. The molecule has 4 aliphatic carbocycles. The van der Waals surface area contributed by atoms with Gasteiger partial charge >= 0.3 is 0 Å². The Kier molecular flexibility index (Phi) is 3.64. The van der Waals surface area contributed by atoms with Gasteiger partial charge in [-0.05, 0) is 57.6 Å². The molecule has 5 rings (SSSR count). The average Bonchev–Trinajstić information content (AvgIpc) is 2.95. The van der Waals surface area contributed by atoms with Gasteiger partial charge in [-0.25, -0.2) is 13.1 Å². The lowest BCUT2D eigenvalue weighted by Crippen LogP contribution is -2.42. The molecule has 24 heavy (non-hydrogen) atoms. The first-order valence-corrected chi connectivity index (χ1v) is 10.4. The smallest absolute Gasteiger partial charge is 0.240 e. The van der Waals surface area contributed by atoms with Crippen molar-refractivity contribution < 1.29 is 13.2 Å². The van der Waals surface area contributed by atoms with Crippen LogP contribution in [0.5, 0.6) is 0 Å². The summed E-state index contributed by atoms with van der Waals surface area (Å²) in [6.45, 7) is 8.05. The van der Waals surface area contributed by atoms with Gasteiger partial charge in [0, 0.05) is 17.3 Å². The fourth-order valence-electron chi connectivity index (χ4n) is 4.77. The van der Waals surface area contributed by atoms with Gasteiger partial charge in [0.1, 0.15) is 0 Å². The lowest BCUT2D eigenvalue weighted by Gasteiger charge is -2.29. The third-order valence-electron chi connectivity index (χ3n) is 5.63. The highest BCUT2D eigenvalue weighted by Gasteiger charge is 2.79. The van der Waals surface area contributed by atoms with Crippen molar-refractivity contribution in [1.29, 1.82) is 0 Å². The normalized spacial score (nSPS) is 40.1. The van der Waals surface area contributed by atoms with Crippen LogP contribution in [0.1, 0.15) is 26.3 Å². The largest absolute Gasteiger partial charge is 0.372 e. The topological polar surface area (TPSA) is 55.4 Å². The molecule has 4 fully saturated rings. The van der Waals surface area contributed by atoms with E-state index < -0.39 is 10.0 Å². The molecule has 0 saturated heterocycles. The summed E-state index contributed by atoms with van der Waals surface area (Å²) in [5.74, 6) is 1.19. The van der Waals surface area contributed by atoms with E-state index in [0.717, 1.165) is 5.56 Å². The van der Waals surface area contributed by atoms with Crippen LogP contribution < -0.4 is 4.72 Å². The molecule has 1 N–H and O–H groups in total. The number of sulfonamides is 1. The molecule has 0 aromatic heterocycles. The highest BCUT2D eigenvalue weighted by atomic mass is 35.5. The first kappa shape index (κ1) is 16.8. The molecule has 0 aliphatic heterocycles. The number of hydrogen-bond donors (Lipinski definition) is 1. The summed E-state index contributed by atoms with van der Waals surface area (Å²) in [5, 5.41) is 0.0121. The predicted molar refractivity (Wildman–Crippen MR) is 93.5 cm³/mol. The van der Waals surface area contributed by atoms with Crippen LogP contribution in [0.25, 0.3) is 0 Å². The molecule has 0 radical (unpaired) electrons. The van der Waals surface area contributed by atoms with E-state index in [2.05, 4.69) is 4.72 Å². The van der Waals surface area contributed by atoms with Crippen molar-refractivity contribution in [3.05, 3.63) is 29.8 Å². The third kappa shape index (κ3) is 2.52. The zero-order valence-corrected chi connectivity index (χ0v) is 15.9. The summed E-state index contributed by atoms with van der Waals surface area (Å²) in [5.41, 5.74) is 0.797. The number of halogens is 1. The Morgan fingerprint density at radius 1 is 1.04 bits per heavy atom. The third-order valence-corrected chi connectivity index (χ3v) is 7.69. The number of nitrogens with one attached hydrogen (secondary N) is 1. The molecule has 0 heterocycles. The second kappa shape index (κ2) is 5.19. The maximum atomic E-state index is 12.7. The van der Waals surface area contributed by atoms with E-state index in [1.165, 1.54) is 0 Å².